The zero-order valence-corrected chi connectivity index (χ0v) is 19.8. The number of likely N-dealkylation sites (N-methyl/N-ethyl adjacent to an activating group) is 1. The summed E-state index contributed by atoms with van der Waals surface area (Å²) >= 11 is 0. The van der Waals surface area contributed by atoms with Crippen molar-refractivity contribution in [2.75, 3.05) is 27.0 Å². The standard InChI is InChI=1S/C26H27FN2O6/c1-15-21(25(30)31)23(19-5-4-6-20-24(19)35-14-34-20)22(16(2)28-15)26(32)33-12-11-29(3)13-17-7-9-18(27)10-8-17/h4-10,23,28H,11-14H2,1-3H3,(H,30,31). The number of nitrogens with zero attached hydrogens (tertiary/aromatic N) is 1. The number of benzene rings is 2. The summed E-state index contributed by atoms with van der Waals surface area (Å²) in [6.07, 6.45) is 0. The average Bonchev–Trinajstić information content (AvgIpc) is 3.29. The number of carbonyl (C=O) groups excluding carboxylic acids is 1. The Bertz CT molecular complexity index is 1200. The summed E-state index contributed by atoms with van der Waals surface area (Å²) in [6.45, 7) is 4.48. The Morgan fingerprint density at radius 1 is 1.11 bits per heavy atom. The minimum absolute atomic E-state index is 0.0191. The number of aliphatic carboxylic acids is 1. The van der Waals surface area contributed by atoms with Gasteiger partial charge >= 0.3 is 11.9 Å². The van der Waals surface area contributed by atoms with E-state index in [0.29, 0.717) is 41.5 Å². The monoisotopic (exact) mass is 482 g/mol. The highest BCUT2D eigenvalue weighted by atomic mass is 19.1. The van der Waals surface area contributed by atoms with Crippen LogP contribution in [0.25, 0.3) is 0 Å². The van der Waals surface area contributed by atoms with Crippen molar-refractivity contribution >= 4 is 11.9 Å². The van der Waals surface area contributed by atoms with Gasteiger partial charge in [0, 0.05) is 30.0 Å². The molecule has 2 aliphatic heterocycles. The molecule has 0 aliphatic carbocycles. The summed E-state index contributed by atoms with van der Waals surface area (Å²) in [7, 11) is 1.87. The Balaban J connectivity index is 1.53. The lowest BCUT2D eigenvalue weighted by Crippen LogP contribution is -2.33. The van der Waals surface area contributed by atoms with Crippen LogP contribution in [0.4, 0.5) is 4.39 Å². The molecule has 2 aromatic rings. The minimum atomic E-state index is -1.15. The highest BCUT2D eigenvalue weighted by molar-refractivity contribution is 5.99. The van der Waals surface area contributed by atoms with Crippen molar-refractivity contribution in [3.05, 3.63) is 81.9 Å². The molecule has 0 spiro atoms. The Hall–Kier alpha value is -3.85. The molecule has 1 atom stereocenters. The van der Waals surface area contributed by atoms with Crippen LogP contribution in [0.5, 0.6) is 11.5 Å². The maximum absolute atomic E-state index is 13.3. The number of fused-ring (bicyclic) bond motifs is 1. The number of rotatable bonds is 8. The first-order valence-electron chi connectivity index (χ1n) is 11.2. The highest BCUT2D eigenvalue weighted by Gasteiger charge is 2.40. The van der Waals surface area contributed by atoms with Crippen LogP contribution >= 0.6 is 0 Å². The first-order chi connectivity index (χ1) is 16.8. The van der Waals surface area contributed by atoms with Gasteiger partial charge in [-0.3, -0.25) is 4.90 Å². The fraction of sp³-hybridized carbons (Fsp3) is 0.308. The molecule has 1 unspecified atom stereocenters. The summed E-state index contributed by atoms with van der Waals surface area (Å²) in [4.78, 5) is 27.5. The molecule has 2 N–H and O–H groups in total. The molecule has 0 aromatic heterocycles. The Morgan fingerprint density at radius 3 is 2.54 bits per heavy atom. The summed E-state index contributed by atoms with van der Waals surface area (Å²) in [5.74, 6) is -2.03. The second-order valence-corrected chi connectivity index (χ2v) is 8.52. The first-order valence-corrected chi connectivity index (χ1v) is 11.2. The molecule has 0 saturated carbocycles. The quantitative estimate of drug-likeness (QED) is 0.552. The Labute approximate surface area is 202 Å². The van der Waals surface area contributed by atoms with Gasteiger partial charge in [0.05, 0.1) is 17.1 Å². The number of carboxylic acids is 1. The van der Waals surface area contributed by atoms with Crippen LogP contribution in [0, 0.1) is 5.82 Å². The highest BCUT2D eigenvalue weighted by Crippen LogP contribution is 2.46. The molecule has 0 amide bonds. The second-order valence-electron chi connectivity index (χ2n) is 8.52. The Morgan fingerprint density at radius 2 is 1.83 bits per heavy atom. The summed E-state index contributed by atoms with van der Waals surface area (Å²) < 4.78 is 29.8. The topological polar surface area (TPSA) is 97.3 Å². The summed E-state index contributed by atoms with van der Waals surface area (Å²) in [5.41, 5.74) is 2.66. The number of hydrogen-bond donors (Lipinski definition) is 2. The molecule has 0 bridgehead atoms. The van der Waals surface area contributed by atoms with E-state index in [0.717, 1.165) is 5.56 Å². The van der Waals surface area contributed by atoms with Crippen LogP contribution in [0.1, 0.15) is 30.9 Å². The van der Waals surface area contributed by atoms with E-state index in [1.807, 2.05) is 11.9 Å². The fourth-order valence-electron chi connectivity index (χ4n) is 4.39. The molecule has 4 rings (SSSR count). The maximum Gasteiger partial charge on any atom is 0.336 e. The number of ether oxygens (including phenoxy) is 3. The number of carboxylic acid groups (broad SMARTS) is 1. The summed E-state index contributed by atoms with van der Waals surface area (Å²) in [6, 6.07) is 11.4. The van der Waals surface area contributed by atoms with E-state index in [1.165, 1.54) is 12.1 Å². The predicted molar refractivity (Wildman–Crippen MR) is 125 cm³/mol. The smallest absolute Gasteiger partial charge is 0.336 e. The third-order valence-corrected chi connectivity index (χ3v) is 6.02. The van der Waals surface area contributed by atoms with Crippen LogP contribution in [0.3, 0.4) is 0 Å². The van der Waals surface area contributed by atoms with E-state index >= 15 is 0 Å². The molecule has 2 aliphatic rings. The lowest BCUT2D eigenvalue weighted by molar-refractivity contribution is -0.139. The SMILES string of the molecule is CC1=C(C(=O)O)C(c2cccc3c2OCO3)C(C(=O)OCCN(C)Cc2ccc(F)cc2)=C(C)N1. The van der Waals surface area contributed by atoms with Crippen molar-refractivity contribution in [3.63, 3.8) is 0 Å². The van der Waals surface area contributed by atoms with Crippen molar-refractivity contribution < 1.29 is 33.3 Å². The molecule has 35 heavy (non-hydrogen) atoms. The molecule has 0 saturated heterocycles. The summed E-state index contributed by atoms with van der Waals surface area (Å²) in [5, 5.41) is 13.0. The first kappa shape index (κ1) is 24.3. The zero-order chi connectivity index (χ0) is 25.1. The molecule has 184 valence electrons. The predicted octanol–water partition coefficient (Wildman–Crippen LogP) is 3.55. The van der Waals surface area contributed by atoms with Gasteiger partial charge in [0.1, 0.15) is 12.4 Å². The van der Waals surface area contributed by atoms with Crippen LogP contribution in [0.15, 0.2) is 65.0 Å². The number of nitrogens with one attached hydrogen (secondary N) is 1. The van der Waals surface area contributed by atoms with Crippen molar-refractivity contribution in [2.24, 2.45) is 0 Å². The molecule has 2 heterocycles. The van der Waals surface area contributed by atoms with Gasteiger partial charge in [0.25, 0.3) is 0 Å². The lowest BCUT2D eigenvalue weighted by atomic mass is 9.80. The van der Waals surface area contributed by atoms with Gasteiger partial charge in [-0.25, -0.2) is 14.0 Å². The number of halogens is 1. The van der Waals surface area contributed by atoms with Crippen molar-refractivity contribution in [1.29, 1.82) is 0 Å². The van der Waals surface area contributed by atoms with Gasteiger partial charge in [-0.15, -0.1) is 0 Å². The maximum atomic E-state index is 13.3. The van der Waals surface area contributed by atoms with Gasteiger partial charge in [-0.2, -0.15) is 0 Å². The molecule has 0 radical (unpaired) electrons. The normalized spacial score (nSPS) is 17.0. The van der Waals surface area contributed by atoms with Crippen LogP contribution < -0.4 is 14.8 Å². The van der Waals surface area contributed by atoms with Crippen molar-refractivity contribution in [2.45, 2.75) is 26.3 Å². The van der Waals surface area contributed by atoms with E-state index < -0.39 is 17.9 Å². The van der Waals surface area contributed by atoms with Crippen molar-refractivity contribution in [1.82, 2.24) is 10.2 Å². The van der Waals surface area contributed by atoms with Crippen molar-refractivity contribution in [3.8, 4) is 11.5 Å². The zero-order valence-electron chi connectivity index (χ0n) is 19.8. The van der Waals surface area contributed by atoms with Gasteiger partial charge in [-0.1, -0.05) is 24.3 Å². The lowest BCUT2D eigenvalue weighted by Gasteiger charge is -2.30. The molecule has 9 heteroatoms. The number of para-hydroxylation sites is 1. The number of allylic oxidation sites excluding steroid dienone is 2. The molecule has 8 nitrogen and oxygen atoms in total. The van der Waals surface area contributed by atoms with E-state index in [1.54, 1.807) is 44.2 Å². The molecular weight excluding hydrogens is 455 g/mol. The average molecular weight is 483 g/mol. The van der Waals surface area contributed by atoms with E-state index in [2.05, 4.69) is 5.32 Å². The van der Waals surface area contributed by atoms with E-state index in [4.69, 9.17) is 14.2 Å². The van der Waals surface area contributed by atoms with Gasteiger partial charge in [0.15, 0.2) is 11.5 Å². The van der Waals surface area contributed by atoms with Crippen LogP contribution in [0.2, 0.25) is 0 Å². The number of dihydropyridines is 1. The van der Waals surface area contributed by atoms with Gasteiger partial charge in [0.2, 0.25) is 6.79 Å². The fourth-order valence-corrected chi connectivity index (χ4v) is 4.39. The third-order valence-electron chi connectivity index (χ3n) is 6.02. The van der Waals surface area contributed by atoms with Crippen LogP contribution in [-0.4, -0.2) is 48.9 Å². The minimum Gasteiger partial charge on any atom is -0.478 e. The molecule has 2 aromatic carbocycles. The van der Waals surface area contributed by atoms with E-state index in [-0.39, 0.29) is 30.4 Å². The Kier molecular flexibility index (Phi) is 7.07. The second kappa shape index (κ2) is 10.2. The van der Waals surface area contributed by atoms with Crippen LogP contribution in [-0.2, 0) is 20.9 Å². The number of hydrogen-bond acceptors (Lipinski definition) is 7. The van der Waals surface area contributed by atoms with Gasteiger partial charge in [-0.05, 0) is 44.7 Å². The van der Waals surface area contributed by atoms with Gasteiger partial charge < -0.3 is 24.6 Å². The number of esters is 1. The molecule has 0 fully saturated rings. The number of carbonyl (C=O) groups is 2. The third kappa shape index (κ3) is 5.14. The largest absolute Gasteiger partial charge is 0.478 e. The van der Waals surface area contributed by atoms with E-state index in [9.17, 15) is 19.1 Å². The molecular formula is C26H27FN2O6.